The molecule has 0 radical (unpaired) electrons. The summed E-state index contributed by atoms with van der Waals surface area (Å²) in [7, 11) is 0. The number of nitrogens with zero attached hydrogens (tertiary/aromatic N) is 5. The third-order valence-corrected chi connectivity index (χ3v) is 5.38. The Kier molecular flexibility index (Phi) is 7.50. The maximum Gasteiger partial charge on any atom is 0.276 e. The molecule has 2 heterocycles. The largest absolute Gasteiger partial charge is 0.368 e. The summed E-state index contributed by atoms with van der Waals surface area (Å²) in [5, 5.41) is 28.5. The number of rotatable bonds is 11. The van der Waals surface area contributed by atoms with E-state index in [4.69, 9.17) is 4.52 Å². The molecule has 2 amide bonds. The fourth-order valence-corrected chi connectivity index (χ4v) is 3.57. The number of aryl methyl sites for hydroxylation is 1. The molecule has 0 spiro atoms. The molecule has 1 aromatic carbocycles. The molecule has 0 bridgehead atoms. The molecule has 2 N–H and O–H groups in total. The van der Waals surface area contributed by atoms with E-state index in [0.29, 0.717) is 24.5 Å². The van der Waals surface area contributed by atoms with E-state index in [0.717, 1.165) is 18.4 Å². The van der Waals surface area contributed by atoms with Gasteiger partial charge in [0, 0.05) is 49.2 Å². The molecular weight excluding hydrogens is 454 g/mol. The first-order valence-corrected chi connectivity index (χ1v) is 11.1. The smallest absolute Gasteiger partial charge is 0.276 e. The maximum atomic E-state index is 12.1. The van der Waals surface area contributed by atoms with Gasteiger partial charge in [0.2, 0.25) is 17.6 Å². The molecule has 1 aromatic heterocycles. The monoisotopic (exact) mass is 477 g/mol. The third kappa shape index (κ3) is 6.10. The fourth-order valence-electron chi connectivity index (χ4n) is 3.57. The van der Waals surface area contributed by atoms with Crippen LogP contribution in [0.3, 0.4) is 0 Å². The highest BCUT2D eigenvalue weighted by molar-refractivity contribution is 5.86. The molecule has 35 heavy (non-hydrogen) atoms. The fraction of sp³-hybridized carbons (Fsp3) is 0.304. The zero-order valence-corrected chi connectivity index (χ0v) is 18.7. The van der Waals surface area contributed by atoms with Crippen molar-refractivity contribution in [3.8, 4) is 11.4 Å². The summed E-state index contributed by atoms with van der Waals surface area (Å²) >= 11 is 0. The molecule has 0 saturated heterocycles. The van der Waals surface area contributed by atoms with Crippen LogP contribution in [-0.2, 0) is 16.0 Å². The number of azo groups is 1. The van der Waals surface area contributed by atoms with Gasteiger partial charge in [0.15, 0.2) is 5.82 Å². The van der Waals surface area contributed by atoms with E-state index in [2.05, 4.69) is 31.0 Å². The van der Waals surface area contributed by atoms with Crippen molar-refractivity contribution in [2.75, 3.05) is 13.1 Å². The Hall–Kier alpha value is -4.48. The Morgan fingerprint density at radius 3 is 2.89 bits per heavy atom. The standard InChI is InChI=1S/C23H23N7O5/c31-19(10-11-20-26-21(29-35-20)15-6-5-7-16(14-15)30(33)34)24-12-3-4-13-25-22-17-8-1-2-9-18(17)23(32)28-27-22/h1-2,5-9,14,18,25H,3-4,10-13H2,(H,24,31). The summed E-state index contributed by atoms with van der Waals surface area (Å²) in [5.74, 6) is 0.337. The zero-order chi connectivity index (χ0) is 24.6. The van der Waals surface area contributed by atoms with Crippen molar-refractivity contribution < 1.29 is 19.0 Å². The van der Waals surface area contributed by atoms with Crippen molar-refractivity contribution in [2.24, 2.45) is 16.1 Å². The van der Waals surface area contributed by atoms with Gasteiger partial charge >= 0.3 is 0 Å². The molecule has 2 aliphatic rings. The predicted molar refractivity (Wildman–Crippen MR) is 124 cm³/mol. The molecule has 1 atom stereocenters. The van der Waals surface area contributed by atoms with E-state index in [1.54, 1.807) is 18.2 Å². The first-order valence-electron chi connectivity index (χ1n) is 11.1. The van der Waals surface area contributed by atoms with Crippen molar-refractivity contribution in [1.82, 2.24) is 20.8 Å². The highest BCUT2D eigenvalue weighted by atomic mass is 16.6. The molecule has 1 aliphatic heterocycles. The maximum absolute atomic E-state index is 12.1. The quantitative estimate of drug-likeness (QED) is 0.283. The number of nitrogens with one attached hydrogen (secondary N) is 2. The lowest BCUT2D eigenvalue weighted by atomic mass is 9.93. The second-order valence-corrected chi connectivity index (χ2v) is 7.87. The molecule has 1 aliphatic carbocycles. The SMILES string of the molecule is O=C(CCc1nc(-c2cccc([N+](=O)[O-])c2)no1)NCCCCNC1=C2C=CC=CC2C(=O)N=N1. The average Bonchev–Trinajstić information content (AvgIpc) is 3.35. The lowest BCUT2D eigenvalue weighted by Gasteiger charge is -2.20. The molecule has 180 valence electrons. The molecule has 0 fully saturated rings. The lowest BCUT2D eigenvalue weighted by molar-refractivity contribution is -0.384. The summed E-state index contributed by atoms with van der Waals surface area (Å²) in [6.45, 7) is 1.15. The summed E-state index contributed by atoms with van der Waals surface area (Å²) < 4.78 is 5.16. The number of nitro benzene ring substituents is 1. The summed E-state index contributed by atoms with van der Waals surface area (Å²) in [4.78, 5) is 38.6. The number of unbranched alkanes of at least 4 members (excludes halogenated alkanes) is 1. The molecule has 12 nitrogen and oxygen atoms in total. The van der Waals surface area contributed by atoms with Crippen LogP contribution >= 0.6 is 0 Å². The number of amides is 2. The second kappa shape index (κ2) is 11.1. The van der Waals surface area contributed by atoms with E-state index >= 15 is 0 Å². The van der Waals surface area contributed by atoms with Gasteiger partial charge in [-0.15, -0.1) is 10.2 Å². The first-order chi connectivity index (χ1) is 17.0. The third-order valence-electron chi connectivity index (χ3n) is 5.38. The van der Waals surface area contributed by atoms with Gasteiger partial charge in [-0.1, -0.05) is 41.6 Å². The van der Waals surface area contributed by atoms with Gasteiger partial charge in [0.1, 0.15) is 0 Å². The number of benzene rings is 1. The summed E-state index contributed by atoms with van der Waals surface area (Å²) in [6.07, 6.45) is 9.34. The molecule has 2 aromatic rings. The van der Waals surface area contributed by atoms with Crippen LogP contribution in [-0.4, -0.2) is 40.0 Å². The van der Waals surface area contributed by atoms with Gasteiger partial charge < -0.3 is 15.2 Å². The van der Waals surface area contributed by atoms with Gasteiger partial charge in [-0.05, 0) is 12.8 Å². The Morgan fingerprint density at radius 2 is 2.03 bits per heavy atom. The molecular formula is C23H23N7O5. The predicted octanol–water partition coefficient (Wildman–Crippen LogP) is 3.01. The number of non-ortho nitro benzene ring substituents is 1. The number of fused-ring (bicyclic) bond motifs is 1. The summed E-state index contributed by atoms with van der Waals surface area (Å²) in [5.41, 5.74) is 1.22. The Morgan fingerprint density at radius 1 is 1.17 bits per heavy atom. The summed E-state index contributed by atoms with van der Waals surface area (Å²) in [6, 6.07) is 5.95. The lowest BCUT2D eigenvalue weighted by Crippen LogP contribution is -2.26. The van der Waals surface area contributed by atoms with E-state index in [9.17, 15) is 19.7 Å². The minimum atomic E-state index is -0.493. The Bertz CT molecular complexity index is 1240. The van der Waals surface area contributed by atoms with Gasteiger partial charge in [-0.3, -0.25) is 19.7 Å². The van der Waals surface area contributed by atoms with E-state index in [1.807, 2.05) is 18.2 Å². The van der Waals surface area contributed by atoms with E-state index in [-0.39, 0.29) is 48.0 Å². The van der Waals surface area contributed by atoms with Crippen LogP contribution in [0.2, 0.25) is 0 Å². The molecule has 12 heteroatoms. The highest BCUT2D eigenvalue weighted by Crippen LogP contribution is 2.27. The Balaban J connectivity index is 1.14. The number of aromatic nitrogens is 2. The van der Waals surface area contributed by atoms with Crippen molar-refractivity contribution in [2.45, 2.75) is 25.7 Å². The highest BCUT2D eigenvalue weighted by Gasteiger charge is 2.26. The topological polar surface area (TPSA) is 165 Å². The van der Waals surface area contributed by atoms with Gasteiger partial charge in [0.25, 0.3) is 11.6 Å². The van der Waals surface area contributed by atoms with Crippen LogP contribution in [0, 0.1) is 16.0 Å². The molecule has 1 unspecified atom stereocenters. The van der Waals surface area contributed by atoms with Crippen molar-refractivity contribution in [3.63, 3.8) is 0 Å². The molecule has 0 saturated carbocycles. The number of carbonyl (C=O) groups excluding carboxylic acids is 2. The molecule has 4 rings (SSSR count). The number of carbonyl (C=O) groups is 2. The van der Waals surface area contributed by atoms with Gasteiger partial charge in [0.05, 0.1) is 10.8 Å². The van der Waals surface area contributed by atoms with Crippen LogP contribution in [0.4, 0.5) is 5.69 Å². The van der Waals surface area contributed by atoms with Crippen molar-refractivity contribution >= 4 is 17.5 Å². The number of nitro groups is 1. The average molecular weight is 477 g/mol. The Labute approximate surface area is 200 Å². The van der Waals surface area contributed by atoms with Gasteiger partial charge in [-0.2, -0.15) is 4.98 Å². The van der Waals surface area contributed by atoms with Gasteiger partial charge in [-0.25, -0.2) is 0 Å². The zero-order valence-electron chi connectivity index (χ0n) is 18.7. The number of hydrogen-bond acceptors (Lipinski definition) is 9. The second-order valence-electron chi connectivity index (χ2n) is 7.87. The normalized spacial score (nSPS) is 16.3. The number of allylic oxidation sites excluding steroid dienone is 3. The van der Waals surface area contributed by atoms with Crippen LogP contribution in [0.25, 0.3) is 11.4 Å². The van der Waals surface area contributed by atoms with Crippen molar-refractivity contribution in [1.29, 1.82) is 0 Å². The van der Waals surface area contributed by atoms with Crippen LogP contribution < -0.4 is 10.6 Å². The van der Waals surface area contributed by atoms with Crippen molar-refractivity contribution in [3.05, 3.63) is 76.0 Å². The van der Waals surface area contributed by atoms with Crippen LogP contribution in [0.5, 0.6) is 0 Å². The van der Waals surface area contributed by atoms with Crippen LogP contribution in [0.15, 0.2) is 74.7 Å². The first kappa shape index (κ1) is 23.7. The number of hydrogen-bond donors (Lipinski definition) is 2. The van der Waals surface area contributed by atoms with E-state index < -0.39 is 4.92 Å². The van der Waals surface area contributed by atoms with Crippen LogP contribution in [0.1, 0.15) is 25.2 Å². The minimum absolute atomic E-state index is 0.0637. The van der Waals surface area contributed by atoms with E-state index in [1.165, 1.54) is 12.1 Å². The minimum Gasteiger partial charge on any atom is -0.368 e.